The van der Waals surface area contributed by atoms with Crippen LogP contribution in [0.3, 0.4) is 0 Å². The van der Waals surface area contributed by atoms with Crippen LogP contribution >= 0.6 is 0 Å². The van der Waals surface area contributed by atoms with E-state index in [0.717, 1.165) is 6.07 Å². The maximum absolute atomic E-state index is 13.1. The minimum absolute atomic E-state index is 0.147. The lowest BCUT2D eigenvalue weighted by atomic mass is 10.2. The summed E-state index contributed by atoms with van der Waals surface area (Å²) in [6.07, 6.45) is -2.96. The number of aliphatic hydroxyl groups is 1. The largest absolute Gasteiger partial charge is 0.481 e. The fourth-order valence-electron chi connectivity index (χ4n) is 0.945. The van der Waals surface area contributed by atoms with Crippen LogP contribution in [-0.4, -0.2) is 17.2 Å². The summed E-state index contributed by atoms with van der Waals surface area (Å²) in [4.78, 5) is 3.47. The highest BCUT2D eigenvalue weighted by Gasteiger charge is 2.19. The molecule has 0 amide bonds. The summed E-state index contributed by atoms with van der Waals surface area (Å²) in [5.74, 6) is -1.34. The number of methoxy groups -OCH3 is 1. The van der Waals surface area contributed by atoms with Gasteiger partial charge in [0.2, 0.25) is 5.88 Å². The van der Waals surface area contributed by atoms with Crippen molar-refractivity contribution in [2.75, 3.05) is 7.11 Å². The number of aromatic nitrogens is 1. The maximum Gasteiger partial charge on any atom is 0.266 e. The Morgan fingerprint density at radius 2 is 2.21 bits per heavy atom. The predicted molar refractivity (Wildman–Crippen MR) is 41.6 cm³/mol. The first-order valence-corrected chi connectivity index (χ1v) is 3.72. The molecule has 1 N–H and O–H groups in total. The summed E-state index contributed by atoms with van der Waals surface area (Å²) in [5, 5.41) is 8.64. The van der Waals surface area contributed by atoms with Gasteiger partial charge >= 0.3 is 0 Å². The molecule has 0 aliphatic heterocycles. The third-order valence-corrected chi connectivity index (χ3v) is 1.62. The number of hydrogen-bond donors (Lipinski definition) is 1. The number of aliphatic hydroxyl groups excluding tert-OH is 1. The molecule has 0 atom stereocenters. The van der Waals surface area contributed by atoms with Gasteiger partial charge in [0.05, 0.1) is 19.3 Å². The summed E-state index contributed by atoms with van der Waals surface area (Å²) in [6.45, 7) is -0.747. The summed E-state index contributed by atoms with van der Waals surface area (Å²) in [6, 6.07) is 0.805. The van der Waals surface area contributed by atoms with Crippen LogP contribution in [0.4, 0.5) is 13.2 Å². The van der Waals surface area contributed by atoms with Crippen LogP contribution in [0, 0.1) is 5.82 Å². The van der Waals surface area contributed by atoms with Crippen LogP contribution in [0.5, 0.6) is 5.88 Å². The van der Waals surface area contributed by atoms with Crippen molar-refractivity contribution in [3.63, 3.8) is 0 Å². The Morgan fingerprint density at radius 1 is 1.57 bits per heavy atom. The van der Waals surface area contributed by atoms with Crippen molar-refractivity contribution >= 4 is 0 Å². The number of nitrogens with zero attached hydrogens (tertiary/aromatic N) is 1. The molecule has 6 heteroatoms. The molecule has 0 radical (unpaired) electrons. The Morgan fingerprint density at radius 3 is 2.64 bits per heavy atom. The van der Waals surface area contributed by atoms with Crippen LogP contribution in [-0.2, 0) is 6.61 Å². The van der Waals surface area contributed by atoms with Gasteiger partial charge in [0.1, 0.15) is 5.69 Å². The summed E-state index contributed by atoms with van der Waals surface area (Å²) in [5.41, 5.74) is -1.26. The standard InChI is InChI=1S/C8H8F3NO2/c1-14-6-2-4(8(10)11)7(9)5(3-13)12-6/h2,8,13H,3H2,1H3. The Kier molecular flexibility index (Phi) is 3.29. The van der Waals surface area contributed by atoms with Crippen LogP contribution in [0.25, 0.3) is 0 Å². The molecule has 0 aromatic carbocycles. The number of ether oxygens (including phenoxy) is 1. The number of rotatable bonds is 3. The van der Waals surface area contributed by atoms with E-state index in [1.54, 1.807) is 0 Å². The van der Waals surface area contributed by atoms with Crippen LogP contribution in [0.2, 0.25) is 0 Å². The Hall–Kier alpha value is -1.30. The molecule has 0 bridgehead atoms. The van der Waals surface area contributed by atoms with Crippen molar-refractivity contribution < 1.29 is 23.0 Å². The van der Waals surface area contributed by atoms with E-state index in [9.17, 15) is 13.2 Å². The van der Waals surface area contributed by atoms with Gasteiger partial charge in [-0.15, -0.1) is 0 Å². The second-order valence-corrected chi connectivity index (χ2v) is 2.47. The second-order valence-electron chi connectivity index (χ2n) is 2.47. The Balaban J connectivity index is 3.27. The molecule has 14 heavy (non-hydrogen) atoms. The molecule has 78 valence electrons. The zero-order chi connectivity index (χ0) is 10.7. The average Bonchev–Trinajstić information content (AvgIpc) is 2.17. The third kappa shape index (κ3) is 1.95. The first-order chi connectivity index (χ1) is 6.60. The maximum atomic E-state index is 13.1. The van der Waals surface area contributed by atoms with Gasteiger partial charge in [-0.3, -0.25) is 0 Å². The lowest BCUT2D eigenvalue weighted by molar-refractivity contribution is 0.144. The van der Waals surface area contributed by atoms with Gasteiger partial charge in [-0.05, 0) is 0 Å². The van der Waals surface area contributed by atoms with Crippen molar-refractivity contribution in [2.45, 2.75) is 13.0 Å². The average molecular weight is 207 g/mol. The number of halogens is 3. The van der Waals surface area contributed by atoms with Crippen molar-refractivity contribution in [3.05, 3.63) is 23.1 Å². The van der Waals surface area contributed by atoms with E-state index in [1.165, 1.54) is 7.11 Å². The number of alkyl halides is 2. The highest BCUT2D eigenvalue weighted by Crippen LogP contribution is 2.26. The highest BCUT2D eigenvalue weighted by atomic mass is 19.3. The second kappa shape index (κ2) is 4.28. The van der Waals surface area contributed by atoms with Gasteiger partial charge in [0, 0.05) is 6.07 Å². The quantitative estimate of drug-likeness (QED) is 0.819. The Labute approximate surface area is 78.2 Å². The van der Waals surface area contributed by atoms with Crippen LogP contribution < -0.4 is 4.74 Å². The molecule has 0 unspecified atom stereocenters. The SMILES string of the molecule is COc1cc(C(F)F)c(F)c(CO)n1. The molecule has 0 aliphatic carbocycles. The van der Waals surface area contributed by atoms with Crippen molar-refractivity contribution in [3.8, 4) is 5.88 Å². The molecule has 0 fully saturated rings. The molecule has 1 rings (SSSR count). The summed E-state index contributed by atoms with van der Waals surface area (Å²) < 4.78 is 42.2. The van der Waals surface area contributed by atoms with Crippen molar-refractivity contribution in [2.24, 2.45) is 0 Å². The molecule has 0 saturated heterocycles. The molecule has 1 aromatic rings. The van der Waals surface area contributed by atoms with E-state index < -0.39 is 30.1 Å². The fraction of sp³-hybridized carbons (Fsp3) is 0.375. The summed E-state index contributed by atoms with van der Waals surface area (Å²) >= 11 is 0. The topological polar surface area (TPSA) is 42.4 Å². The van der Waals surface area contributed by atoms with E-state index >= 15 is 0 Å². The predicted octanol–water partition coefficient (Wildman–Crippen LogP) is 1.66. The first kappa shape index (κ1) is 10.8. The highest BCUT2D eigenvalue weighted by molar-refractivity contribution is 5.27. The molecule has 0 aliphatic rings. The molecular weight excluding hydrogens is 199 g/mol. The lowest BCUT2D eigenvalue weighted by Gasteiger charge is -2.07. The van der Waals surface area contributed by atoms with Crippen molar-refractivity contribution in [1.29, 1.82) is 0 Å². The molecule has 1 aromatic heterocycles. The van der Waals surface area contributed by atoms with Gasteiger partial charge in [0.15, 0.2) is 5.82 Å². The van der Waals surface area contributed by atoms with E-state index in [4.69, 9.17) is 5.11 Å². The van der Waals surface area contributed by atoms with E-state index in [2.05, 4.69) is 9.72 Å². The third-order valence-electron chi connectivity index (χ3n) is 1.62. The van der Waals surface area contributed by atoms with Crippen LogP contribution in [0.15, 0.2) is 6.07 Å². The fourth-order valence-corrected chi connectivity index (χ4v) is 0.945. The molecular formula is C8H8F3NO2. The van der Waals surface area contributed by atoms with Crippen LogP contribution in [0.1, 0.15) is 17.7 Å². The van der Waals surface area contributed by atoms with Gasteiger partial charge < -0.3 is 9.84 Å². The number of hydrogen-bond acceptors (Lipinski definition) is 3. The normalized spacial score (nSPS) is 10.7. The lowest BCUT2D eigenvalue weighted by Crippen LogP contribution is -2.03. The monoisotopic (exact) mass is 207 g/mol. The zero-order valence-corrected chi connectivity index (χ0v) is 7.30. The first-order valence-electron chi connectivity index (χ1n) is 3.72. The number of pyridine rings is 1. The smallest absolute Gasteiger partial charge is 0.266 e. The Bertz CT molecular complexity index is 331. The van der Waals surface area contributed by atoms with Gasteiger partial charge in [-0.25, -0.2) is 18.2 Å². The van der Waals surface area contributed by atoms with E-state index in [1.807, 2.05) is 0 Å². The molecule has 0 saturated carbocycles. The zero-order valence-electron chi connectivity index (χ0n) is 7.30. The minimum Gasteiger partial charge on any atom is -0.481 e. The summed E-state index contributed by atoms with van der Waals surface area (Å²) in [7, 11) is 1.22. The van der Waals surface area contributed by atoms with Gasteiger partial charge in [-0.2, -0.15) is 0 Å². The van der Waals surface area contributed by atoms with Gasteiger partial charge in [0.25, 0.3) is 6.43 Å². The minimum atomic E-state index is -2.96. The molecule has 0 spiro atoms. The van der Waals surface area contributed by atoms with Gasteiger partial charge in [-0.1, -0.05) is 0 Å². The van der Waals surface area contributed by atoms with Crippen molar-refractivity contribution in [1.82, 2.24) is 4.98 Å². The van der Waals surface area contributed by atoms with E-state index in [0.29, 0.717) is 0 Å². The van der Waals surface area contributed by atoms with E-state index in [-0.39, 0.29) is 5.88 Å². The molecule has 1 heterocycles. The molecule has 3 nitrogen and oxygen atoms in total.